The number of nitrogens with zero attached hydrogens (tertiary/aromatic N) is 1. The van der Waals surface area contributed by atoms with Crippen molar-refractivity contribution in [2.75, 3.05) is 24.3 Å². The molecule has 4 heteroatoms. The first kappa shape index (κ1) is 13.4. The molecule has 1 aliphatic rings. The first-order chi connectivity index (χ1) is 8.56. The van der Waals surface area contributed by atoms with Gasteiger partial charge in [0.25, 0.3) is 5.91 Å². The summed E-state index contributed by atoms with van der Waals surface area (Å²) >= 11 is 3.49. The Morgan fingerprint density at radius 1 is 1.33 bits per heavy atom. The number of halogens is 1. The highest BCUT2D eigenvalue weighted by atomic mass is 79.9. The molecule has 0 bridgehead atoms. The number of rotatable bonds is 4. The lowest BCUT2D eigenvalue weighted by Crippen LogP contribution is -2.54. The van der Waals surface area contributed by atoms with Gasteiger partial charge in [0.05, 0.1) is 5.54 Å². The smallest absolute Gasteiger partial charge is 0.251 e. The lowest BCUT2D eigenvalue weighted by atomic mass is 9.78. The standard InChI is InChI=1S/C14H19BrN2O/c1-17(2)12-6-4-11(5-7-12)13(18)16-14(10-15)8-3-9-14/h4-7H,3,8-10H2,1-2H3,(H,16,18). The number of carbonyl (C=O) groups excluding carboxylic acids is 1. The minimum Gasteiger partial charge on any atom is -0.378 e. The van der Waals surface area contributed by atoms with Crippen LogP contribution in [0.25, 0.3) is 0 Å². The summed E-state index contributed by atoms with van der Waals surface area (Å²) in [4.78, 5) is 14.2. The molecule has 18 heavy (non-hydrogen) atoms. The van der Waals surface area contributed by atoms with Crippen LogP contribution in [0.15, 0.2) is 24.3 Å². The molecule has 1 aromatic rings. The number of alkyl halides is 1. The van der Waals surface area contributed by atoms with Gasteiger partial charge in [-0.2, -0.15) is 0 Å². The van der Waals surface area contributed by atoms with E-state index in [1.807, 2.05) is 43.3 Å². The van der Waals surface area contributed by atoms with Gasteiger partial charge in [0.15, 0.2) is 0 Å². The van der Waals surface area contributed by atoms with Gasteiger partial charge in [-0.1, -0.05) is 15.9 Å². The average molecular weight is 311 g/mol. The zero-order valence-electron chi connectivity index (χ0n) is 10.9. The average Bonchev–Trinajstić information content (AvgIpc) is 2.33. The molecule has 1 fully saturated rings. The van der Waals surface area contributed by atoms with E-state index in [1.165, 1.54) is 6.42 Å². The van der Waals surface area contributed by atoms with Gasteiger partial charge in [-0.25, -0.2) is 0 Å². The number of carbonyl (C=O) groups is 1. The molecule has 1 amide bonds. The topological polar surface area (TPSA) is 32.3 Å². The number of benzene rings is 1. The van der Waals surface area contributed by atoms with E-state index in [2.05, 4.69) is 21.2 Å². The molecule has 0 aromatic heterocycles. The van der Waals surface area contributed by atoms with Crippen molar-refractivity contribution in [3.8, 4) is 0 Å². The van der Waals surface area contributed by atoms with Crippen LogP contribution < -0.4 is 10.2 Å². The van der Waals surface area contributed by atoms with E-state index in [-0.39, 0.29) is 11.4 Å². The highest BCUT2D eigenvalue weighted by Gasteiger charge is 2.37. The molecule has 98 valence electrons. The zero-order chi connectivity index (χ0) is 13.2. The molecule has 1 aromatic carbocycles. The molecule has 0 radical (unpaired) electrons. The van der Waals surface area contributed by atoms with Crippen molar-refractivity contribution in [1.82, 2.24) is 5.32 Å². The van der Waals surface area contributed by atoms with Crippen LogP contribution >= 0.6 is 15.9 Å². The lowest BCUT2D eigenvalue weighted by molar-refractivity contribution is 0.0856. The summed E-state index contributed by atoms with van der Waals surface area (Å²) in [5.41, 5.74) is 1.82. The number of hydrogen-bond acceptors (Lipinski definition) is 2. The Morgan fingerprint density at radius 3 is 2.33 bits per heavy atom. The molecule has 2 rings (SSSR count). The molecular weight excluding hydrogens is 292 g/mol. The molecule has 3 nitrogen and oxygen atoms in total. The molecule has 1 saturated carbocycles. The van der Waals surface area contributed by atoms with Crippen molar-refractivity contribution in [1.29, 1.82) is 0 Å². The number of nitrogens with one attached hydrogen (secondary N) is 1. The predicted octanol–water partition coefficient (Wildman–Crippen LogP) is 2.80. The monoisotopic (exact) mass is 310 g/mol. The van der Waals surface area contributed by atoms with E-state index < -0.39 is 0 Å². The molecule has 0 unspecified atom stereocenters. The lowest BCUT2D eigenvalue weighted by Gasteiger charge is -2.41. The van der Waals surface area contributed by atoms with Crippen molar-refractivity contribution >= 4 is 27.5 Å². The van der Waals surface area contributed by atoms with Crippen molar-refractivity contribution in [2.45, 2.75) is 24.8 Å². The van der Waals surface area contributed by atoms with Gasteiger partial charge in [0, 0.05) is 30.7 Å². The SMILES string of the molecule is CN(C)c1ccc(C(=O)NC2(CBr)CCC2)cc1. The minimum absolute atomic E-state index is 0.0166. The van der Waals surface area contributed by atoms with Crippen LogP contribution in [0.5, 0.6) is 0 Å². The van der Waals surface area contributed by atoms with Crippen molar-refractivity contribution in [3.05, 3.63) is 29.8 Å². The fraction of sp³-hybridized carbons (Fsp3) is 0.500. The summed E-state index contributed by atoms with van der Waals surface area (Å²) in [6.45, 7) is 0. The predicted molar refractivity (Wildman–Crippen MR) is 78.6 cm³/mol. The van der Waals surface area contributed by atoms with Crippen LogP contribution in [0.1, 0.15) is 29.6 Å². The number of hydrogen-bond donors (Lipinski definition) is 1. The van der Waals surface area contributed by atoms with Gasteiger partial charge < -0.3 is 10.2 Å². The van der Waals surface area contributed by atoms with Crippen LogP contribution in [0.2, 0.25) is 0 Å². The summed E-state index contributed by atoms with van der Waals surface area (Å²) in [7, 11) is 3.98. The van der Waals surface area contributed by atoms with E-state index in [0.717, 1.165) is 29.4 Å². The van der Waals surface area contributed by atoms with E-state index in [9.17, 15) is 4.79 Å². The fourth-order valence-corrected chi connectivity index (χ4v) is 2.82. The number of amides is 1. The normalized spacial score (nSPS) is 16.8. The molecule has 0 heterocycles. The van der Waals surface area contributed by atoms with Gasteiger partial charge in [0.1, 0.15) is 0 Å². The van der Waals surface area contributed by atoms with Crippen molar-refractivity contribution in [2.24, 2.45) is 0 Å². The third-order valence-electron chi connectivity index (χ3n) is 3.59. The molecule has 1 N–H and O–H groups in total. The first-order valence-electron chi connectivity index (χ1n) is 6.22. The van der Waals surface area contributed by atoms with Gasteiger partial charge in [-0.05, 0) is 43.5 Å². The number of anilines is 1. The van der Waals surface area contributed by atoms with Crippen LogP contribution in [0.3, 0.4) is 0 Å². The maximum Gasteiger partial charge on any atom is 0.251 e. The Balaban J connectivity index is 2.05. The van der Waals surface area contributed by atoms with Gasteiger partial charge in [0.2, 0.25) is 0 Å². The fourth-order valence-electron chi connectivity index (χ4n) is 2.12. The van der Waals surface area contributed by atoms with Gasteiger partial charge in [-0.3, -0.25) is 4.79 Å². The second-order valence-corrected chi connectivity index (χ2v) is 5.72. The van der Waals surface area contributed by atoms with Gasteiger partial charge in [-0.15, -0.1) is 0 Å². The Labute approximate surface area is 117 Å². The van der Waals surface area contributed by atoms with Crippen LogP contribution in [-0.2, 0) is 0 Å². The molecule has 0 atom stereocenters. The molecule has 0 spiro atoms. The zero-order valence-corrected chi connectivity index (χ0v) is 12.5. The molecule has 1 aliphatic carbocycles. The van der Waals surface area contributed by atoms with Crippen LogP contribution in [-0.4, -0.2) is 30.9 Å². The van der Waals surface area contributed by atoms with Crippen molar-refractivity contribution < 1.29 is 4.79 Å². The summed E-state index contributed by atoms with van der Waals surface area (Å²) in [5, 5.41) is 3.98. The Bertz CT molecular complexity index is 418. The molecule has 0 aliphatic heterocycles. The van der Waals surface area contributed by atoms with E-state index in [1.54, 1.807) is 0 Å². The van der Waals surface area contributed by atoms with E-state index >= 15 is 0 Å². The van der Waals surface area contributed by atoms with Crippen molar-refractivity contribution in [3.63, 3.8) is 0 Å². The summed E-state index contributed by atoms with van der Waals surface area (Å²) in [5.74, 6) is 0.0273. The van der Waals surface area contributed by atoms with Crippen LogP contribution in [0, 0.1) is 0 Å². The molecular formula is C14H19BrN2O. The summed E-state index contributed by atoms with van der Waals surface area (Å²) in [6.07, 6.45) is 3.34. The highest BCUT2D eigenvalue weighted by Crippen LogP contribution is 2.33. The Kier molecular flexibility index (Phi) is 3.95. The highest BCUT2D eigenvalue weighted by molar-refractivity contribution is 9.09. The second-order valence-electron chi connectivity index (χ2n) is 5.16. The maximum atomic E-state index is 12.1. The van der Waals surface area contributed by atoms with E-state index in [0.29, 0.717) is 0 Å². The third kappa shape index (κ3) is 2.69. The minimum atomic E-state index is -0.0166. The largest absolute Gasteiger partial charge is 0.378 e. The summed E-state index contributed by atoms with van der Waals surface area (Å²) < 4.78 is 0. The van der Waals surface area contributed by atoms with E-state index in [4.69, 9.17) is 0 Å². The maximum absolute atomic E-state index is 12.1. The molecule has 0 saturated heterocycles. The Hall–Kier alpha value is -1.03. The van der Waals surface area contributed by atoms with Gasteiger partial charge >= 0.3 is 0 Å². The van der Waals surface area contributed by atoms with Crippen LogP contribution in [0.4, 0.5) is 5.69 Å². The Morgan fingerprint density at radius 2 is 1.94 bits per heavy atom. The summed E-state index contributed by atoms with van der Waals surface area (Å²) in [6, 6.07) is 7.70. The third-order valence-corrected chi connectivity index (χ3v) is 4.66. The second kappa shape index (κ2) is 5.31. The first-order valence-corrected chi connectivity index (χ1v) is 7.34. The quantitative estimate of drug-likeness (QED) is 0.867.